The molecule has 1 atom stereocenters. The van der Waals surface area contributed by atoms with Crippen molar-refractivity contribution >= 4 is 29.4 Å². The first-order valence-corrected chi connectivity index (χ1v) is 13.1. The molecule has 1 unspecified atom stereocenters. The molecule has 196 valence electrons. The molecule has 0 saturated heterocycles. The van der Waals surface area contributed by atoms with Gasteiger partial charge in [0.1, 0.15) is 23.9 Å². The van der Waals surface area contributed by atoms with Crippen LogP contribution in [0.25, 0.3) is 11.3 Å². The standard InChI is InChI=1S/C27H33N5O4S/c1-30(2)14-13-28-22(33)16-32-23(34)17-37-26(20-15-19(35-4)11-12-21(20)36-5)24-25(29-31(3)27(24)32)18-9-7-6-8-10-18/h6-12,15,26H,13-14,16-17H2,1-5H3,(H,28,33). The molecule has 4 rings (SSSR count). The number of benzene rings is 2. The Morgan fingerprint density at radius 1 is 1.16 bits per heavy atom. The molecule has 0 aliphatic carbocycles. The van der Waals surface area contributed by atoms with E-state index in [0.717, 1.165) is 22.4 Å². The maximum absolute atomic E-state index is 13.5. The molecule has 2 amide bonds. The summed E-state index contributed by atoms with van der Waals surface area (Å²) in [6.45, 7) is 1.12. The number of aromatic nitrogens is 2. The minimum absolute atomic E-state index is 0.0877. The number of carbonyl (C=O) groups excluding carboxylic acids is 2. The first kappa shape index (κ1) is 26.6. The zero-order valence-corrected chi connectivity index (χ0v) is 22.7. The van der Waals surface area contributed by atoms with Gasteiger partial charge in [-0.05, 0) is 32.3 Å². The normalized spacial score (nSPS) is 15.4. The molecule has 0 fully saturated rings. The van der Waals surface area contributed by atoms with Crippen molar-refractivity contribution in [1.29, 1.82) is 0 Å². The number of methoxy groups -OCH3 is 2. The van der Waals surface area contributed by atoms with Crippen LogP contribution in [0, 0.1) is 0 Å². The van der Waals surface area contributed by atoms with Gasteiger partial charge < -0.3 is 19.7 Å². The summed E-state index contributed by atoms with van der Waals surface area (Å²) in [5.41, 5.74) is 3.42. The third-order valence-corrected chi connectivity index (χ3v) is 7.43. The summed E-state index contributed by atoms with van der Waals surface area (Å²) in [5, 5.41) is 7.49. The van der Waals surface area contributed by atoms with Gasteiger partial charge in [-0.15, -0.1) is 11.8 Å². The fourth-order valence-electron chi connectivity index (χ4n) is 4.41. The van der Waals surface area contributed by atoms with E-state index in [1.807, 2.05) is 74.6 Å². The lowest BCUT2D eigenvalue weighted by Gasteiger charge is -2.23. The summed E-state index contributed by atoms with van der Waals surface area (Å²) in [7, 11) is 8.95. The quantitative estimate of drug-likeness (QED) is 0.461. The highest BCUT2D eigenvalue weighted by Gasteiger charge is 2.37. The second-order valence-corrected chi connectivity index (χ2v) is 10.1. The van der Waals surface area contributed by atoms with Crippen molar-refractivity contribution in [3.63, 3.8) is 0 Å². The lowest BCUT2D eigenvalue weighted by Crippen LogP contribution is -2.43. The summed E-state index contributed by atoms with van der Waals surface area (Å²) >= 11 is 1.49. The summed E-state index contributed by atoms with van der Waals surface area (Å²) < 4.78 is 12.9. The molecule has 0 saturated carbocycles. The Labute approximate surface area is 221 Å². The minimum atomic E-state index is -0.283. The van der Waals surface area contributed by atoms with E-state index < -0.39 is 0 Å². The van der Waals surface area contributed by atoms with Crippen LogP contribution in [-0.2, 0) is 16.6 Å². The van der Waals surface area contributed by atoms with Crippen molar-refractivity contribution < 1.29 is 19.1 Å². The van der Waals surface area contributed by atoms with Crippen LogP contribution in [0.3, 0.4) is 0 Å². The minimum Gasteiger partial charge on any atom is -0.497 e. The molecule has 10 heteroatoms. The van der Waals surface area contributed by atoms with Crippen molar-refractivity contribution in [3.8, 4) is 22.8 Å². The Balaban J connectivity index is 1.85. The largest absolute Gasteiger partial charge is 0.497 e. The predicted molar refractivity (Wildman–Crippen MR) is 146 cm³/mol. The summed E-state index contributed by atoms with van der Waals surface area (Å²) in [6, 6.07) is 15.5. The lowest BCUT2D eigenvalue weighted by atomic mass is 9.98. The number of nitrogens with zero attached hydrogens (tertiary/aromatic N) is 4. The van der Waals surface area contributed by atoms with E-state index in [9.17, 15) is 9.59 Å². The molecular weight excluding hydrogens is 490 g/mol. The summed E-state index contributed by atoms with van der Waals surface area (Å²) in [5.74, 6) is 1.81. The van der Waals surface area contributed by atoms with Crippen LogP contribution in [0.2, 0.25) is 0 Å². The van der Waals surface area contributed by atoms with Gasteiger partial charge >= 0.3 is 0 Å². The predicted octanol–water partition coefficient (Wildman–Crippen LogP) is 2.95. The number of likely N-dealkylation sites (N-methyl/N-ethyl adjacent to an activating group) is 1. The zero-order chi connectivity index (χ0) is 26.5. The van der Waals surface area contributed by atoms with E-state index in [4.69, 9.17) is 14.6 Å². The van der Waals surface area contributed by atoms with Crippen LogP contribution in [0.15, 0.2) is 48.5 Å². The number of anilines is 1. The topological polar surface area (TPSA) is 88.9 Å². The Morgan fingerprint density at radius 2 is 1.92 bits per heavy atom. The highest BCUT2D eigenvalue weighted by atomic mass is 32.2. The Kier molecular flexibility index (Phi) is 8.40. The average molecular weight is 524 g/mol. The molecule has 2 heterocycles. The lowest BCUT2D eigenvalue weighted by molar-refractivity contribution is -0.122. The van der Waals surface area contributed by atoms with E-state index in [-0.39, 0.29) is 29.4 Å². The number of rotatable bonds is 9. The molecule has 1 N–H and O–H groups in total. The smallest absolute Gasteiger partial charge is 0.240 e. The molecule has 0 radical (unpaired) electrons. The third kappa shape index (κ3) is 5.75. The highest BCUT2D eigenvalue weighted by Crippen LogP contribution is 2.50. The van der Waals surface area contributed by atoms with Gasteiger partial charge in [0, 0.05) is 36.8 Å². The SMILES string of the molecule is COc1ccc(OC)c(C2SCC(=O)N(CC(=O)NCCN(C)C)c3c2c(-c2ccccc2)nn3C)c1. The maximum Gasteiger partial charge on any atom is 0.240 e. The zero-order valence-electron chi connectivity index (χ0n) is 21.9. The molecule has 3 aromatic rings. The number of hydrogen-bond acceptors (Lipinski definition) is 7. The van der Waals surface area contributed by atoms with Crippen LogP contribution in [0.4, 0.5) is 5.82 Å². The highest BCUT2D eigenvalue weighted by molar-refractivity contribution is 8.00. The van der Waals surface area contributed by atoms with E-state index in [1.54, 1.807) is 23.8 Å². The second kappa shape index (κ2) is 11.7. The number of fused-ring (bicyclic) bond motifs is 1. The van der Waals surface area contributed by atoms with Gasteiger partial charge in [-0.1, -0.05) is 30.3 Å². The Bertz CT molecular complexity index is 1260. The monoisotopic (exact) mass is 523 g/mol. The van der Waals surface area contributed by atoms with E-state index >= 15 is 0 Å². The maximum atomic E-state index is 13.5. The molecule has 1 aliphatic heterocycles. The first-order valence-electron chi connectivity index (χ1n) is 12.0. The fourth-order valence-corrected chi connectivity index (χ4v) is 5.62. The van der Waals surface area contributed by atoms with E-state index in [2.05, 4.69) is 5.32 Å². The molecular formula is C27H33N5O4S. The third-order valence-electron chi connectivity index (χ3n) is 6.19. The fraction of sp³-hybridized carbons (Fsp3) is 0.370. The van der Waals surface area contributed by atoms with Crippen molar-refractivity contribution in [1.82, 2.24) is 20.0 Å². The van der Waals surface area contributed by atoms with Gasteiger partial charge in [0.2, 0.25) is 11.8 Å². The second-order valence-electron chi connectivity index (χ2n) is 9.01. The van der Waals surface area contributed by atoms with Crippen LogP contribution in [-0.4, -0.2) is 80.2 Å². The van der Waals surface area contributed by atoms with Gasteiger partial charge in [-0.3, -0.25) is 19.2 Å². The molecule has 0 spiro atoms. The molecule has 9 nitrogen and oxygen atoms in total. The molecule has 2 aromatic carbocycles. The number of aryl methyl sites for hydroxylation is 1. The number of thioether (sulfide) groups is 1. The van der Waals surface area contributed by atoms with E-state index in [1.165, 1.54) is 11.8 Å². The van der Waals surface area contributed by atoms with Crippen LogP contribution < -0.4 is 19.7 Å². The summed E-state index contributed by atoms with van der Waals surface area (Å²) in [4.78, 5) is 29.9. The Hall–Kier alpha value is -3.50. The Morgan fingerprint density at radius 3 is 2.59 bits per heavy atom. The van der Waals surface area contributed by atoms with Crippen molar-refractivity contribution in [2.24, 2.45) is 7.05 Å². The van der Waals surface area contributed by atoms with Gasteiger partial charge in [-0.2, -0.15) is 5.10 Å². The number of carbonyl (C=O) groups is 2. The van der Waals surface area contributed by atoms with Gasteiger partial charge in [0.05, 0.1) is 30.9 Å². The molecule has 37 heavy (non-hydrogen) atoms. The van der Waals surface area contributed by atoms with Crippen molar-refractivity contribution in [3.05, 3.63) is 59.7 Å². The van der Waals surface area contributed by atoms with Crippen molar-refractivity contribution in [2.45, 2.75) is 5.25 Å². The van der Waals surface area contributed by atoms with Gasteiger partial charge in [0.15, 0.2) is 0 Å². The number of amides is 2. The average Bonchev–Trinajstić information content (AvgIpc) is 3.16. The molecule has 0 bridgehead atoms. The number of nitrogens with one attached hydrogen (secondary N) is 1. The first-order chi connectivity index (χ1) is 17.8. The number of hydrogen-bond donors (Lipinski definition) is 1. The van der Waals surface area contributed by atoms with Crippen LogP contribution >= 0.6 is 11.8 Å². The molecule has 1 aliphatic rings. The van der Waals surface area contributed by atoms with Crippen LogP contribution in [0.1, 0.15) is 16.4 Å². The number of ether oxygens (including phenoxy) is 2. The van der Waals surface area contributed by atoms with Gasteiger partial charge in [0.25, 0.3) is 0 Å². The van der Waals surface area contributed by atoms with E-state index in [0.29, 0.717) is 30.4 Å². The van der Waals surface area contributed by atoms with Crippen molar-refractivity contribution in [2.75, 3.05) is 58.6 Å². The molecule has 1 aromatic heterocycles. The van der Waals surface area contributed by atoms with Crippen LogP contribution in [0.5, 0.6) is 11.5 Å². The summed E-state index contributed by atoms with van der Waals surface area (Å²) in [6.07, 6.45) is 0. The van der Waals surface area contributed by atoms with Gasteiger partial charge in [-0.25, -0.2) is 0 Å².